The van der Waals surface area contributed by atoms with Gasteiger partial charge < -0.3 is 14.8 Å². The van der Waals surface area contributed by atoms with Gasteiger partial charge in [-0.3, -0.25) is 10.1 Å². The third-order valence-corrected chi connectivity index (χ3v) is 3.73. The Morgan fingerprint density at radius 2 is 2.24 bits per heavy atom. The van der Waals surface area contributed by atoms with Crippen LogP contribution in [0.3, 0.4) is 0 Å². The lowest BCUT2D eigenvalue weighted by Gasteiger charge is -2.25. The highest BCUT2D eigenvalue weighted by Gasteiger charge is 2.21. The van der Waals surface area contributed by atoms with Crippen molar-refractivity contribution in [1.29, 1.82) is 0 Å². The summed E-state index contributed by atoms with van der Waals surface area (Å²) in [5.41, 5.74) is 0.911. The van der Waals surface area contributed by atoms with E-state index in [-0.39, 0.29) is 10.6 Å². The highest BCUT2D eigenvalue weighted by Crippen LogP contribution is 2.31. The Morgan fingerprint density at radius 1 is 1.43 bits per heavy atom. The van der Waals surface area contributed by atoms with Gasteiger partial charge in [-0.2, -0.15) is 0 Å². The van der Waals surface area contributed by atoms with Crippen LogP contribution in [0.4, 0.5) is 5.69 Å². The Labute approximate surface area is 124 Å². The van der Waals surface area contributed by atoms with E-state index in [9.17, 15) is 10.1 Å². The van der Waals surface area contributed by atoms with Gasteiger partial charge >= 0.3 is 5.69 Å². The second-order valence-electron chi connectivity index (χ2n) is 5.34. The number of hydrogen-bond donors (Lipinski definition) is 1. The smallest absolute Gasteiger partial charge is 0.311 e. The molecule has 0 radical (unpaired) electrons. The first-order valence-electron chi connectivity index (χ1n) is 7.30. The van der Waals surface area contributed by atoms with Crippen molar-refractivity contribution in [3.8, 4) is 5.75 Å². The summed E-state index contributed by atoms with van der Waals surface area (Å²) >= 11 is 0. The van der Waals surface area contributed by atoms with Crippen molar-refractivity contribution >= 4 is 5.69 Å². The van der Waals surface area contributed by atoms with Crippen molar-refractivity contribution in [2.45, 2.75) is 25.8 Å². The van der Waals surface area contributed by atoms with E-state index in [2.05, 4.69) is 5.32 Å². The molecule has 0 aliphatic heterocycles. The molecule has 6 heteroatoms. The van der Waals surface area contributed by atoms with Crippen LogP contribution in [0, 0.1) is 16.0 Å². The first-order valence-corrected chi connectivity index (χ1v) is 7.30. The largest absolute Gasteiger partial charge is 0.487 e. The third-order valence-electron chi connectivity index (χ3n) is 3.73. The number of nitro benzene ring substituents is 1. The topological polar surface area (TPSA) is 73.6 Å². The van der Waals surface area contributed by atoms with E-state index in [0.29, 0.717) is 38.0 Å². The van der Waals surface area contributed by atoms with Crippen LogP contribution in [-0.2, 0) is 11.3 Å². The molecule has 1 aromatic carbocycles. The molecule has 1 N–H and O–H groups in total. The number of methoxy groups -OCH3 is 1. The molecule has 2 rings (SSSR count). The van der Waals surface area contributed by atoms with Gasteiger partial charge in [0.05, 0.1) is 18.1 Å². The van der Waals surface area contributed by atoms with Crippen LogP contribution in [0.5, 0.6) is 5.75 Å². The Hall–Kier alpha value is -1.66. The van der Waals surface area contributed by atoms with E-state index < -0.39 is 0 Å². The number of nitro groups is 1. The van der Waals surface area contributed by atoms with Gasteiger partial charge in [-0.05, 0) is 30.4 Å². The molecular weight excluding hydrogens is 272 g/mol. The minimum absolute atomic E-state index is 0.0420. The summed E-state index contributed by atoms with van der Waals surface area (Å²) in [6.07, 6.45) is 3.56. The van der Waals surface area contributed by atoms with Gasteiger partial charge in [-0.25, -0.2) is 0 Å². The molecule has 21 heavy (non-hydrogen) atoms. The van der Waals surface area contributed by atoms with Gasteiger partial charge in [0.15, 0.2) is 5.75 Å². The third kappa shape index (κ3) is 4.68. The Bertz CT molecular complexity index is 475. The molecule has 1 aliphatic rings. The van der Waals surface area contributed by atoms with Crippen LogP contribution >= 0.6 is 0 Å². The summed E-state index contributed by atoms with van der Waals surface area (Å²) in [4.78, 5) is 10.8. The van der Waals surface area contributed by atoms with E-state index in [4.69, 9.17) is 9.47 Å². The first-order chi connectivity index (χ1) is 10.2. The maximum atomic E-state index is 11.2. The maximum Gasteiger partial charge on any atom is 0.311 e. The highest BCUT2D eigenvalue weighted by molar-refractivity contribution is 5.48. The van der Waals surface area contributed by atoms with E-state index >= 15 is 0 Å². The van der Waals surface area contributed by atoms with Crippen LogP contribution in [0.2, 0.25) is 0 Å². The van der Waals surface area contributed by atoms with Crippen molar-refractivity contribution in [1.82, 2.24) is 5.32 Å². The number of nitrogens with zero attached hydrogens (tertiary/aromatic N) is 1. The number of benzene rings is 1. The fourth-order valence-electron chi connectivity index (χ4n) is 2.21. The molecule has 116 valence electrons. The molecule has 1 aromatic rings. The fraction of sp³-hybridized carbons (Fsp3) is 0.600. The first kappa shape index (κ1) is 15.7. The van der Waals surface area contributed by atoms with Crippen molar-refractivity contribution in [2.24, 2.45) is 5.92 Å². The zero-order valence-electron chi connectivity index (χ0n) is 12.3. The van der Waals surface area contributed by atoms with Gasteiger partial charge in [0.1, 0.15) is 0 Å². The lowest BCUT2D eigenvalue weighted by atomic mass is 9.86. The van der Waals surface area contributed by atoms with E-state index in [1.807, 2.05) is 6.07 Å². The average molecular weight is 294 g/mol. The van der Waals surface area contributed by atoms with Crippen molar-refractivity contribution in [2.75, 3.05) is 26.9 Å². The van der Waals surface area contributed by atoms with E-state index in [0.717, 1.165) is 18.4 Å². The molecule has 0 amide bonds. The average Bonchev–Trinajstić information content (AvgIpc) is 2.42. The SMILES string of the molecule is COCCNCc1ccc(OCC2CCC2)c([N+](=O)[O-])c1. The van der Waals surface area contributed by atoms with Crippen LogP contribution in [-0.4, -0.2) is 31.8 Å². The van der Waals surface area contributed by atoms with Crippen LogP contribution in [0.15, 0.2) is 18.2 Å². The van der Waals surface area contributed by atoms with Gasteiger partial charge in [0.25, 0.3) is 0 Å². The normalized spacial score (nSPS) is 14.7. The lowest BCUT2D eigenvalue weighted by Crippen LogP contribution is -2.20. The quantitative estimate of drug-likeness (QED) is 0.430. The molecular formula is C15H22N2O4. The predicted molar refractivity (Wildman–Crippen MR) is 79.5 cm³/mol. The van der Waals surface area contributed by atoms with Crippen LogP contribution in [0.25, 0.3) is 0 Å². The maximum absolute atomic E-state index is 11.2. The van der Waals surface area contributed by atoms with Crippen LogP contribution in [0.1, 0.15) is 24.8 Å². The molecule has 0 heterocycles. The molecule has 0 atom stereocenters. The van der Waals surface area contributed by atoms with E-state index in [1.165, 1.54) is 6.42 Å². The molecule has 0 bridgehead atoms. The molecule has 0 aromatic heterocycles. The molecule has 0 spiro atoms. The molecule has 1 saturated carbocycles. The zero-order valence-corrected chi connectivity index (χ0v) is 12.3. The lowest BCUT2D eigenvalue weighted by molar-refractivity contribution is -0.386. The minimum Gasteiger partial charge on any atom is -0.487 e. The minimum atomic E-state index is -0.380. The van der Waals surface area contributed by atoms with Gasteiger partial charge in [-0.15, -0.1) is 0 Å². The standard InChI is InChI=1S/C15H22N2O4/c1-20-8-7-16-10-13-5-6-15(14(9-13)17(18)19)21-11-12-3-2-4-12/h5-6,9,12,16H,2-4,7-8,10-11H2,1H3. The Morgan fingerprint density at radius 3 is 2.86 bits per heavy atom. The van der Waals surface area contributed by atoms with Gasteiger partial charge in [-0.1, -0.05) is 12.5 Å². The summed E-state index contributed by atoms with van der Waals surface area (Å²) in [7, 11) is 1.64. The van der Waals surface area contributed by atoms with Crippen LogP contribution < -0.4 is 10.1 Å². The highest BCUT2D eigenvalue weighted by atomic mass is 16.6. The summed E-state index contributed by atoms with van der Waals surface area (Å²) in [5, 5.41) is 14.3. The summed E-state index contributed by atoms with van der Waals surface area (Å²) in [6, 6.07) is 5.14. The molecule has 6 nitrogen and oxygen atoms in total. The monoisotopic (exact) mass is 294 g/mol. The van der Waals surface area contributed by atoms with E-state index in [1.54, 1.807) is 19.2 Å². The number of hydrogen-bond acceptors (Lipinski definition) is 5. The summed E-state index contributed by atoms with van der Waals surface area (Å²) in [6.45, 7) is 2.48. The zero-order chi connectivity index (χ0) is 15.1. The number of rotatable bonds is 9. The molecule has 0 unspecified atom stereocenters. The number of nitrogens with one attached hydrogen (secondary N) is 1. The van der Waals surface area contributed by atoms with Gasteiger partial charge in [0.2, 0.25) is 0 Å². The van der Waals surface area contributed by atoms with Gasteiger partial charge in [0, 0.05) is 26.3 Å². The fourth-order valence-corrected chi connectivity index (χ4v) is 2.21. The second kappa shape index (κ2) is 7.95. The molecule has 0 saturated heterocycles. The predicted octanol–water partition coefficient (Wildman–Crippen LogP) is 2.51. The second-order valence-corrected chi connectivity index (χ2v) is 5.34. The number of ether oxygens (including phenoxy) is 2. The van der Waals surface area contributed by atoms with Crippen molar-refractivity contribution in [3.63, 3.8) is 0 Å². The molecule has 1 aliphatic carbocycles. The Balaban J connectivity index is 1.94. The molecule has 1 fully saturated rings. The van der Waals surface area contributed by atoms with Crippen molar-refractivity contribution in [3.05, 3.63) is 33.9 Å². The Kier molecular flexibility index (Phi) is 5.95. The summed E-state index contributed by atoms with van der Waals surface area (Å²) < 4.78 is 10.6. The van der Waals surface area contributed by atoms with Crippen molar-refractivity contribution < 1.29 is 14.4 Å². The summed E-state index contributed by atoms with van der Waals surface area (Å²) in [5.74, 6) is 0.924.